The van der Waals surface area contributed by atoms with Crippen LogP contribution in [0.1, 0.15) is 71.0 Å². The van der Waals surface area contributed by atoms with E-state index in [2.05, 4.69) is 32.9 Å². The molecule has 1 aliphatic rings. The highest BCUT2D eigenvalue weighted by molar-refractivity contribution is 6.00. The van der Waals surface area contributed by atoms with Gasteiger partial charge in [0.2, 0.25) is 0 Å². The number of hydrogen-bond donors (Lipinski definition) is 0. The molecule has 4 heteroatoms. The molecule has 0 radical (unpaired) electrons. The molecule has 0 atom stereocenters. The second kappa shape index (κ2) is 9.14. The van der Waals surface area contributed by atoms with Crippen molar-refractivity contribution in [3.05, 3.63) is 94.5 Å². The first-order valence-corrected chi connectivity index (χ1v) is 11.3. The van der Waals surface area contributed by atoms with Gasteiger partial charge < -0.3 is 4.74 Å². The third-order valence-electron chi connectivity index (χ3n) is 6.11. The summed E-state index contributed by atoms with van der Waals surface area (Å²) in [6, 6.07) is 21.3. The summed E-state index contributed by atoms with van der Waals surface area (Å²) in [5.74, 6) is -0.912. The summed E-state index contributed by atoms with van der Waals surface area (Å²) in [4.78, 5) is 37.1. The summed E-state index contributed by atoms with van der Waals surface area (Å²) < 4.78 is 5.16. The van der Waals surface area contributed by atoms with Gasteiger partial charge in [-0.15, -0.1) is 0 Å². The number of benzene rings is 3. The second-order valence-electron chi connectivity index (χ2n) is 9.54. The quantitative estimate of drug-likeness (QED) is 0.263. The van der Waals surface area contributed by atoms with Crippen molar-refractivity contribution in [1.29, 1.82) is 0 Å². The minimum absolute atomic E-state index is 0.0140. The molecule has 168 valence electrons. The van der Waals surface area contributed by atoms with E-state index in [1.54, 1.807) is 18.2 Å². The lowest BCUT2D eigenvalue weighted by Crippen LogP contribution is -2.15. The highest BCUT2D eigenvalue weighted by Crippen LogP contribution is 2.36. The van der Waals surface area contributed by atoms with Crippen LogP contribution >= 0.6 is 0 Å². The van der Waals surface area contributed by atoms with Crippen LogP contribution in [0.4, 0.5) is 0 Å². The van der Waals surface area contributed by atoms with Gasteiger partial charge in [0, 0.05) is 17.5 Å². The molecule has 0 saturated carbocycles. The largest absolute Gasteiger partial charge is 0.457 e. The Morgan fingerprint density at radius 3 is 2.15 bits per heavy atom. The lowest BCUT2D eigenvalue weighted by molar-refractivity contribution is -0.142. The average Bonchev–Trinajstić information content (AvgIpc) is 3.18. The summed E-state index contributed by atoms with van der Waals surface area (Å²) in [5.41, 5.74) is 6.91. The number of hydrogen-bond acceptors (Lipinski definition) is 4. The molecule has 0 heterocycles. The van der Waals surface area contributed by atoms with Crippen molar-refractivity contribution in [2.24, 2.45) is 0 Å². The Bertz CT molecular complexity index is 1210. The Hall–Kier alpha value is -3.53. The van der Waals surface area contributed by atoms with Crippen LogP contribution in [-0.2, 0) is 21.4 Å². The van der Waals surface area contributed by atoms with Crippen molar-refractivity contribution in [2.45, 2.75) is 45.4 Å². The lowest BCUT2D eigenvalue weighted by Gasteiger charge is -2.18. The zero-order chi connectivity index (χ0) is 23.6. The molecule has 0 N–H and O–H groups in total. The summed E-state index contributed by atoms with van der Waals surface area (Å²) in [6.45, 7) is 6.02. The van der Waals surface area contributed by atoms with Gasteiger partial charge in [0.05, 0.1) is 6.42 Å². The normalized spacial score (nSPS) is 12.1. The van der Waals surface area contributed by atoms with Gasteiger partial charge in [0.1, 0.15) is 0 Å². The SMILES string of the molecule is CC(C)(C)c1ccc(C(=O)CCC(=O)OCC(=O)c2ccc3c(c2)-c2ccccc2C3)cc1. The van der Waals surface area contributed by atoms with Gasteiger partial charge in [-0.05, 0) is 45.7 Å². The zero-order valence-corrected chi connectivity index (χ0v) is 19.3. The molecule has 3 aromatic carbocycles. The Labute approximate surface area is 194 Å². The standard InChI is InChI=1S/C29H28O4/c1-29(2,3)23-12-10-19(11-13-23)26(30)14-15-28(32)33-18-27(31)22-9-8-21-16-20-6-4-5-7-24(20)25(21)17-22/h4-13,17H,14-16,18H2,1-3H3. The molecule has 0 spiro atoms. The van der Waals surface area contributed by atoms with Crippen molar-refractivity contribution in [3.8, 4) is 11.1 Å². The van der Waals surface area contributed by atoms with Crippen LogP contribution in [0.2, 0.25) is 0 Å². The number of fused-ring (bicyclic) bond motifs is 3. The Balaban J connectivity index is 1.29. The predicted octanol–water partition coefficient (Wildman–Crippen LogP) is 5.94. The zero-order valence-electron chi connectivity index (χ0n) is 19.3. The Morgan fingerprint density at radius 1 is 0.758 bits per heavy atom. The van der Waals surface area contributed by atoms with E-state index in [1.165, 1.54) is 11.1 Å². The molecule has 4 rings (SSSR count). The molecule has 0 bridgehead atoms. The van der Waals surface area contributed by atoms with E-state index in [9.17, 15) is 14.4 Å². The van der Waals surface area contributed by atoms with Crippen LogP contribution < -0.4 is 0 Å². The molecule has 0 amide bonds. The van der Waals surface area contributed by atoms with Crippen LogP contribution in [0.5, 0.6) is 0 Å². The summed E-state index contributed by atoms with van der Waals surface area (Å²) >= 11 is 0. The van der Waals surface area contributed by atoms with Crippen LogP contribution in [0, 0.1) is 0 Å². The fourth-order valence-electron chi connectivity index (χ4n) is 4.11. The van der Waals surface area contributed by atoms with E-state index in [0.717, 1.165) is 23.1 Å². The summed E-state index contributed by atoms with van der Waals surface area (Å²) in [6.07, 6.45) is 0.865. The monoisotopic (exact) mass is 440 g/mol. The van der Waals surface area contributed by atoms with E-state index < -0.39 is 5.97 Å². The number of ketones is 2. The van der Waals surface area contributed by atoms with E-state index in [0.29, 0.717) is 11.1 Å². The maximum absolute atomic E-state index is 12.6. The number of rotatable bonds is 7. The molecule has 0 aromatic heterocycles. The first kappa shape index (κ1) is 22.7. The maximum Gasteiger partial charge on any atom is 0.306 e. The second-order valence-corrected chi connectivity index (χ2v) is 9.54. The number of esters is 1. The average molecular weight is 441 g/mol. The Kier molecular flexibility index (Phi) is 6.28. The van der Waals surface area contributed by atoms with Crippen LogP contribution in [-0.4, -0.2) is 24.1 Å². The minimum atomic E-state index is -0.547. The molecule has 4 nitrogen and oxygen atoms in total. The van der Waals surface area contributed by atoms with Gasteiger partial charge in [-0.2, -0.15) is 0 Å². The van der Waals surface area contributed by atoms with Gasteiger partial charge in [-0.25, -0.2) is 0 Å². The number of Topliss-reactive ketones (excluding diaryl/α,β-unsaturated/α-hetero) is 2. The predicted molar refractivity (Wildman–Crippen MR) is 129 cm³/mol. The first-order valence-electron chi connectivity index (χ1n) is 11.3. The molecule has 3 aromatic rings. The first-order chi connectivity index (χ1) is 15.7. The van der Waals surface area contributed by atoms with Gasteiger partial charge in [-0.3, -0.25) is 14.4 Å². The molecule has 0 aliphatic heterocycles. The summed E-state index contributed by atoms with van der Waals surface area (Å²) in [5, 5.41) is 0. The van der Waals surface area contributed by atoms with Crippen molar-refractivity contribution >= 4 is 17.5 Å². The van der Waals surface area contributed by atoms with Crippen LogP contribution in [0.3, 0.4) is 0 Å². The van der Waals surface area contributed by atoms with Gasteiger partial charge >= 0.3 is 5.97 Å². The smallest absolute Gasteiger partial charge is 0.306 e. The third kappa shape index (κ3) is 5.11. The maximum atomic E-state index is 12.6. The van der Waals surface area contributed by atoms with Crippen molar-refractivity contribution in [2.75, 3.05) is 6.61 Å². The molecule has 0 unspecified atom stereocenters. The van der Waals surface area contributed by atoms with Gasteiger partial charge in [0.25, 0.3) is 0 Å². The summed E-state index contributed by atoms with van der Waals surface area (Å²) in [7, 11) is 0. The van der Waals surface area contributed by atoms with Crippen LogP contribution in [0.15, 0.2) is 66.7 Å². The lowest BCUT2D eigenvalue weighted by atomic mass is 9.86. The highest BCUT2D eigenvalue weighted by atomic mass is 16.5. The van der Waals surface area contributed by atoms with Crippen molar-refractivity contribution in [3.63, 3.8) is 0 Å². The Morgan fingerprint density at radius 2 is 1.42 bits per heavy atom. The highest BCUT2D eigenvalue weighted by Gasteiger charge is 2.20. The van der Waals surface area contributed by atoms with E-state index in [-0.39, 0.29) is 36.4 Å². The van der Waals surface area contributed by atoms with Crippen molar-refractivity contribution in [1.82, 2.24) is 0 Å². The topological polar surface area (TPSA) is 60.4 Å². The van der Waals surface area contributed by atoms with E-state index >= 15 is 0 Å². The number of ether oxygens (including phenoxy) is 1. The number of carbonyl (C=O) groups excluding carboxylic acids is 3. The fraction of sp³-hybridized carbons (Fsp3) is 0.276. The van der Waals surface area contributed by atoms with Gasteiger partial charge in [-0.1, -0.05) is 81.4 Å². The van der Waals surface area contributed by atoms with Gasteiger partial charge in [0.15, 0.2) is 18.2 Å². The number of carbonyl (C=O) groups is 3. The van der Waals surface area contributed by atoms with E-state index in [1.807, 2.05) is 36.4 Å². The van der Waals surface area contributed by atoms with Crippen molar-refractivity contribution < 1.29 is 19.1 Å². The minimum Gasteiger partial charge on any atom is -0.457 e. The third-order valence-corrected chi connectivity index (χ3v) is 6.11. The molecule has 33 heavy (non-hydrogen) atoms. The fourth-order valence-corrected chi connectivity index (χ4v) is 4.11. The molecule has 0 saturated heterocycles. The molecular formula is C29H28O4. The van der Waals surface area contributed by atoms with E-state index in [4.69, 9.17) is 4.74 Å². The molecule has 1 aliphatic carbocycles. The van der Waals surface area contributed by atoms with Crippen LogP contribution in [0.25, 0.3) is 11.1 Å². The molecule has 0 fully saturated rings. The molecular weight excluding hydrogens is 412 g/mol.